The lowest BCUT2D eigenvalue weighted by Crippen LogP contribution is -2.30. The van der Waals surface area contributed by atoms with E-state index in [4.69, 9.17) is 10.5 Å². The molecule has 0 radical (unpaired) electrons. The van der Waals surface area contributed by atoms with Gasteiger partial charge in [-0.05, 0) is 47.5 Å². The van der Waals surface area contributed by atoms with E-state index in [0.29, 0.717) is 23.4 Å². The number of nitrogens with two attached hydrogens (primary N) is 1. The van der Waals surface area contributed by atoms with Crippen molar-refractivity contribution in [1.82, 2.24) is 15.6 Å². The molecule has 0 spiro atoms. The van der Waals surface area contributed by atoms with Crippen LogP contribution in [0.3, 0.4) is 0 Å². The van der Waals surface area contributed by atoms with E-state index in [0.717, 1.165) is 11.1 Å². The third-order valence-electron chi connectivity index (χ3n) is 4.61. The zero-order valence-electron chi connectivity index (χ0n) is 17.4. The van der Waals surface area contributed by atoms with E-state index in [9.17, 15) is 14.4 Å². The number of hydrogen-bond donors (Lipinski definition) is 3. The van der Waals surface area contributed by atoms with Gasteiger partial charge in [-0.2, -0.15) is 0 Å². The molecule has 8 nitrogen and oxygen atoms in total. The third kappa shape index (κ3) is 6.66. The maximum absolute atomic E-state index is 12.4. The Hall–Kier alpha value is -4.20. The minimum atomic E-state index is -0.571. The number of nitrogens with one attached hydrogen (secondary N) is 2. The van der Waals surface area contributed by atoms with E-state index < -0.39 is 5.91 Å². The molecule has 0 saturated carbocycles. The van der Waals surface area contributed by atoms with Crippen molar-refractivity contribution in [3.63, 3.8) is 0 Å². The van der Waals surface area contributed by atoms with Crippen LogP contribution in [0.5, 0.6) is 5.75 Å². The van der Waals surface area contributed by atoms with E-state index in [2.05, 4.69) is 15.6 Å². The van der Waals surface area contributed by atoms with E-state index in [1.54, 1.807) is 54.9 Å². The molecule has 0 bridgehead atoms. The molecule has 0 atom stereocenters. The van der Waals surface area contributed by atoms with E-state index in [1.165, 1.54) is 0 Å². The Balaban J connectivity index is 1.46. The number of primary amides is 1. The van der Waals surface area contributed by atoms with Crippen LogP contribution in [0.25, 0.3) is 0 Å². The Morgan fingerprint density at radius 1 is 0.906 bits per heavy atom. The Morgan fingerprint density at radius 3 is 2.47 bits per heavy atom. The topological polar surface area (TPSA) is 123 Å². The predicted octanol–water partition coefficient (Wildman–Crippen LogP) is 2.20. The molecule has 2 aromatic carbocycles. The second-order valence-electron chi connectivity index (χ2n) is 6.99. The number of benzene rings is 2. The van der Waals surface area contributed by atoms with Crippen LogP contribution in [0.2, 0.25) is 0 Å². The number of nitrogens with zero attached hydrogens (tertiary/aromatic N) is 1. The summed E-state index contributed by atoms with van der Waals surface area (Å²) in [5, 5.41) is 5.54. The summed E-state index contributed by atoms with van der Waals surface area (Å²) in [7, 11) is 0. The van der Waals surface area contributed by atoms with E-state index in [-0.39, 0.29) is 31.4 Å². The van der Waals surface area contributed by atoms with Gasteiger partial charge in [0.15, 0.2) is 0 Å². The number of carbonyl (C=O) groups excluding carboxylic acids is 3. The number of hydrogen-bond acceptors (Lipinski definition) is 5. The van der Waals surface area contributed by atoms with Crippen molar-refractivity contribution in [2.75, 3.05) is 6.54 Å². The molecule has 3 amide bonds. The first-order chi connectivity index (χ1) is 15.5. The average Bonchev–Trinajstić information content (AvgIpc) is 2.82. The first-order valence-electron chi connectivity index (χ1n) is 10.1. The molecule has 0 aliphatic rings. The second-order valence-corrected chi connectivity index (χ2v) is 6.99. The summed E-state index contributed by atoms with van der Waals surface area (Å²) in [6, 6.07) is 17.3. The molecule has 164 valence electrons. The van der Waals surface area contributed by atoms with Crippen LogP contribution < -0.4 is 21.1 Å². The Labute approximate surface area is 185 Å². The van der Waals surface area contributed by atoms with Crippen LogP contribution in [0.4, 0.5) is 0 Å². The highest BCUT2D eigenvalue weighted by Crippen LogP contribution is 2.19. The molecule has 3 aromatic rings. The zero-order chi connectivity index (χ0) is 22.8. The van der Waals surface area contributed by atoms with Crippen LogP contribution >= 0.6 is 0 Å². The molecule has 0 aliphatic heterocycles. The summed E-state index contributed by atoms with van der Waals surface area (Å²) < 4.78 is 5.71. The minimum absolute atomic E-state index is 0.155. The van der Waals surface area contributed by atoms with Crippen molar-refractivity contribution in [3.05, 3.63) is 95.3 Å². The standard InChI is InChI=1S/C24H24N4O4/c25-23(30)20-6-1-2-7-21(20)32-16-18-4-3-5-19(14-18)24(31)27-13-10-22(29)28-15-17-8-11-26-12-9-17/h1-9,11-12,14H,10,13,15-16H2,(H2,25,30)(H,27,31)(H,28,29). The largest absolute Gasteiger partial charge is 0.488 e. The normalized spacial score (nSPS) is 10.2. The molecule has 1 aromatic heterocycles. The quantitative estimate of drug-likeness (QED) is 0.453. The average molecular weight is 432 g/mol. The van der Waals surface area contributed by atoms with Crippen molar-refractivity contribution in [2.24, 2.45) is 5.73 Å². The number of ether oxygens (including phenoxy) is 1. The number of para-hydroxylation sites is 1. The van der Waals surface area contributed by atoms with Crippen molar-refractivity contribution in [1.29, 1.82) is 0 Å². The summed E-state index contributed by atoms with van der Waals surface area (Å²) in [5.41, 5.74) is 7.82. The van der Waals surface area contributed by atoms with Gasteiger partial charge >= 0.3 is 0 Å². The van der Waals surface area contributed by atoms with Gasteiger partial charge in [-0.1, -0.05) is 24.3 Å². The van der Waals surface area contributed by atoms with Crippen LogP contribution in [-0.4, -0.2) is 29.3 Å². The first kappa shape index (κ1) is 22.5. The monoisotopic (exact) mass is 432 g/mol. The molecule has 0 fully saturated rings. The van der Waals surface area contributed by atoms with Gasteiger partial charge in [0.25, 0.3) is 11.8 Å². The van der Waals surface area contributed by atoms with Gasteiger partial charge in [-0.25, -0.2) is 0 Å². The lowest BCUT2D eigenvalue weighted by atomic mass is 10.1. The second kappa shape index (κ2) is 11.3. The predicted molar refractivity (Wildman–Crippen MR) is 119 cm³/mol. The number of amides is 3. The maximum Gasteiger partial charge on any atom is 0.252 e. The van der Waals surface area contributed by atoms with Crippen molar-refractivity contribution in [3.8, 4) is 5.75 Å². The van der Waals surface area contributed by atoms with Crippen molar-refractivity contribution in [2.45, 2.75) is 19.6 Å². The number of aromatic nitrogens is 1. The molecule has 0 aliphatic carbocycles. The first-order valence-corrected chi connectivity index (χ1v) is 10.1. The molecule has 32 heavy (non-hydrogen) atoms. The van der Waals surface area contributed by atoms with Crippen LogP contribution in [0.15, 0.2) is 73.1 Å². The molecule has 3 rings (SSSR count). The summed E-state index contributed by atoms with van der Waals surface area (Å²) in [4.78, 5) is 39.8. The highest BCUT2D eigenvalue weighted by molar-refractivity contribution is 5.95. The molecule has 0 unspecified atom stereocenters. The van der Waals surface area contributed by atoms with Gasteiger partial charge in [-0.15, -0.1) is 0 Å². The van der Waals surface area contributed by atoms with Crippen molar-refractivity contribution < 1.29 is 19.1 Å². The van der Waals surface area contributed by atoms with E-state index in [1.807, 2.05) is 18.2 Å². The van der Waals surface area contributed by atoms with Crippen molar-refractivity contribution >= 4 is 17.7 Å². The molecule has 1 heterocycles. The van der Waals surface area contributed by atoms with Gasteiger partial charge in [0.1, 0.15) is 12.4 Å². The number of carbonyl (C=O) groups is 3. The van der Waals surface area contributed by atoms with Crippen LogP contribution in [0.1, 0.15) is 38.3 Å². The molecular formula is C24H24N4O4. The Morgan fingerprint density at radius 2 is 1.69 bits per heavy atom. The molecule has 4 N–H and O–H groups in total. The number of rotatable bonds is 10. The van der Waals surface area contributed by atoms with E-state index >= 15 is 0 Å². The summed E-state index contributed by atoms with van der Waals surface area (Å²) in [6.45, 7) is 0.798. The zero-order valence-corrected chi connectivity index (χ0v) is 17.4. The molecule has 8 heteroatoms. The van der Waals surface area contributed by atoms with Gasteiger partial charge in [0.05, 0.1) is 5.56 Å². The third-order valence-corrected chi connectivity index (χ3v) is 4.61. The summed E-state index contributed by atoms with van der Waals surface area (Å²) in [5.74, 6) is -0.630. The maximum atomic E-state index is 12.4. The Bertz CT molecular complexity index is 1090. The SMILES string of the molecule is NC(=O)c1ccccc1OCc1cccc(C(=O)NCCC(=O)NCc2ccncc2)c1. The number of pyridine rings is 1. The van der Waals surface area contributed by atoms with Gasteiger partial charge in [0.2, 0.25) is 5.91 Å². The Kier molecular flexibility index (Phi) is 7.91. The fourth-order valence-electron chi connectivity index (χ4n) is 2.94. The smallest absolute Gasteiger partial charge is 0.252 e. The van der Waals surface area contributed by atoms with Gasteiger partial charge in [0, 0.05) is 37.5 Å². The summed E-state index contributed by atoms with van der Waals surface area (Å²) >= 11 is 0. The fourth-order valence-corrected chi connectivity index (χ4v) is 2.94. The van der Waals surface area contributed by atoms with Gasteiger partial charge < -0.3 is 21.1 Å². The van der Waals surface area contributed by atoms with Crippen LogP contribution in [-0.2, 0) is 17.9 Å². The lowest BCUT2D eigenvalue weighted by molar-refractivity contribution is -0.121. The van der Waals surface area contributed by atoms with Gasteiger partial charge in [-0.3, -0.25) is 19.4 Å². The fraction of sp³-hybridized carbons (Fsp3) is 0.167. The molecule has 0 saturated heterocycles. The summed E-state index contributed by atoms with van der Waals surface area (Å²) in [6.07, 6.45) is 3.50. The highest BCUT2D eigenvalue weighted by Gasteiger charge is 2.10. The van der Waals surface area contributed by atoms with Crippen LogP contribution in [0, 0.1) is 0 Å². The minimum Gasteiger partial charge on any atom is -0.488 e. The highest BCUT2D eigenvalue weighted by atomic mass is 16.5. The lowest BCUT2D eigenvalue weighted by Gasteiger charge is -2.11. The molecular weight excluding hydrogens is 408 g/mol.